The molecule has 0 saturated heterocycles. The molecule has 0 radical (unpaired) electrons. The molecule has 0 unspecified atom stereocenters. The Morgan fingerprint density at radius 1 is 0.179 bits per heavy atom. The topological polar surface area (TPSA) is 58.4 Å². The lowest BCUT2D eigenvalue weighted by Crippen LogP contribution is -2.15. The smallest absolute Gasteiger partial charge is 0.164 e. The predicted octanol–water partition coefficient (Wildman–Crippen LogP) is 26.9. The van der Waals surface area contributed by atoms with E-state index in [0.29, 0.717) is 17.5 Å². The molecule has 112 heavy (non-hydrogen) atoms. The second-order valence-electron chi connectivity index (χ2n) is 31.5. The van der Waals surface area contributed by atoms with Crippen LogP contribution in [0.2, 0.25) is 0 Å². The fourth-order valence-corrected chi connectivity index (χ4v) is 19.1. The molecule has 5 aromatic heterocycles. The molecule has 526 valence electrons. The maximum atomic E-state index is 5.24. The van der Waals surface area contributed by atoms with Gasteiger partial charge in [0, 0.05) is 93.4 Å². The van der Waals surface area contributed by atoms with Crippen LogP contribution in [0.25, 0.3) is 200 Å². The van der Waals surface area contributed by atoms with Gasteiger partial charge in [-0.3, -0.25) is 0 Å². The Hall–Kier alpha value is -14.3. The predicted molar refractivity (Wildman–Crippen MR) is 465 cm³/mol. The summed E-state index contributed by atoms with van der Waals surface area (Å²) < 4.78 is 9.69. The summed E-state index contributed by atoms with van der Waals surface area (Å²) >= 11 is 0. The zero-order chi connectivity index (χ0) is 74.2. The summed E-state index contributed by atoms with van der Waals surface area (Å²) in [6.45, 7) is 9.44. The molecular weight excluding hydrogens is 1360 g/mol. The SMILES string of the molecule is CC1(C)c2ccccc2-c2ccc(-n3c4ccccc4c4cc(-c5ccc6c(c5)c5ccccc5n6-c5ccc(-c6ccc(-c7nc(-c8ccccc8)nc(-c8ccc(-n9c%10ccccc%10c%10cc(-c%11ccc%12c(c%11)c%11ccccc%11n%12-c%11ccc%12c(c%11)C(C)(C)c%11ccccc%11-%12)ccc%109)cc8)n7)cc6)cc5)ccc43)cc21. The van der Waals surface area contributed by atoms with E-state index >= 15 is 0 Å². The van der Waals surface area contributed by atoms with Crippen molar-refractivity contribution in [1.29, 1.82) is 0 Å². The summed E-state index contributed by atoms with van der Waals surface area (Å²) in [5.41, 5.74) is 34.2. The van der Waals surface area contributed by atoms with Gasteiger partial charge in [-0.05, 0) is 211 Å². The average Bonchev–Trinajstić information content (AvgIpc) is 1.56. The van der Waals surface area contributed by atoms with Gasteiger partial charge in [0.2, 0.25) is 0 Å². The number of hydrogen-bond acceptors (Lipinski definition) is 3. The Morgan fingerprint density at radius 2 is 0.429 bits per heavy atom. The van der Waals surface area contributed by atoms with Crippen LogP contribution in [0.1, 0.15) is 49.9 Å². The highest BCUT2D eigenvalue weighted by Gasteiger charge is 2.37. The summed E-state index contributed by atoms with van der Waals surface area (Å²) in [5.74, 6) is 1.83. The van der Waals surface area contributed by atoms with Crippen molar-refractivity contribution in [3.8, 4) is 113 Å². The van der Waals surface area contributed by atoms with Crippen LogP contribution in [0, 0.1) is 0 Å². The van der Waals surface area contributed by atoms with Crippen molar-refractivity contribution in [2.45, 2.75) is 38.5 Å². The lowest BCUT2D eigenvalue weighted by molar-refractivity contribution is 0.660. The Bertz CT molecular complexity index is 7530. The molecule has 0 amide bonds. The zero-order valence-electron chi connectivity index (χ0n) is 62.2. The van der Waals surface area contributed by atoms with Crippen molar-refractivity contribution in [2.24, 2.45) is 0 Å². The summed E-state index contributed by atoms with van der Waals surface area (Å²) in [5, 5.41) is 9.79. The second kappa shape index (κ2) is 24.1. The third kappa shape index (κ3) is 9.56. The second-order valence-corrected chi connectivity index (χ2v) is 31.5. The largest absolute Gasteiger partial charge is 0.309 e. The van der Waals surface area contributed by atoms with Crippen molar-refractivity contribution < 1.29 is 0 Å². The summed E-state index contributed by atoms with van der Waals surface area (Å²) in [6.07, 6.45) is 0. The molecule has 5 heterocycles. The molecular formula is C105H71N7. The highest BCUT2D eigenvalue weighted by atomic mass is 15.0. The van der Waals surface area contributed by atoms with Crippen LogP contribution in [0.3, 0.4) is 0 Å². The normalized spacial score (nSPS) is 13.3. The molecule has 2 aliphatic carbocycles. The highest BCUT2D eigenvalue weighted by molar-refractivity contribution is 6.15. The first-order valence-corrected chi connectivity index (χ1v) is 38.8. The number of aromatic nitrogens is 7. The quantitative estimate of drug-likeness (QED) is 0.137. The van der Waals surface area contributed by atoms with E-state index in [9.17, 15) is 0 Å². The van der Waals surface area contributed by atoms with E-state index in [1.165, 1.54) is 149 Å². The minimum absolute atomic E-state index is 0.0930. The van der Waals surface area contributed by atoms with Gasteiger partial charge in [0.1, 0.15) is 0 Å². The van der Waals surface area contributed by atoms with Crippen LogP contribution in [0.5, 0.6) is 0 Å². The van der Waals surface area contributed by atoms with E-state index in [1.807, 2.05) is 18.2 Å². The lowest BCUT2D eigenvalue weighted by Gasteiger charge is -2.22. The molecule has 7 nitrogen and oxygen atoms in total. The molecule has 0 bridgehead atoms. The number of para-hydroxylation sites is 4. The molecule has 0 fully saturated rings. The number of fused-ring (bicyclic) bond motifs is 18. The fourth-order valence-electron chi connectivity index (χ4n) is 19.1. The fraction of sp³-hybridized carbons (Fsp3) is 0.0571. The molecule has 23 rings (SSSR count). The van der Waals surface area contributed by atoms with Gasteiger partial charge in [0.25, 0.3) is 0 Å². The Kier molecular flexibility index (Phi) is 13.7. The lowest BCUT2D eigenvalue weighted by atomic mass is 9.82. The van der Waals surface area contributed by atoms with Crippen LogP contribution in [-0.4, -0.2) is 33.2 Å². The van der Waals surface area contributed by atoms with Crippen molar-refractivity contribution >= 4 is 87.2 Å². The van der Waals surface area contributed by atoms with Gasteiger partial charge in [-0.1, -0.05) is 252 Å². The molecule has 0 N–H and O–H groups in total. The van der Waals surface area contributed by atoms with Crippen LogP contribution in [0.4, 0.5) is 0 Å². The van der Waals surface area contributed by atoms with Gasteiger partial charge in [-0.2, -0.15) is 0 Å². The number of rotatable bonds is 10. The van der Waals surface area contributed by atoms with E-state index in [-0.39, 0.29) is 10.8 Å². The van der Waals surface area contributed by atoms with Crippen molar-refractivity contribution in [3.05, 3.63) is 380 Å². The molecule has 21 aromatic rings. The minimum atomic E-state index is -0.0974. The number of benzene rings is 16. The Balaban J connectivity index is 0.533. The minimum Gasteiger partial charge on any atom is -0.309 e. The van der Waals surface area contributed by atoms with Gasteiger partial charge < -0.3 is 18.3 Å². The van der Waals surface area contributed by atoms with Crippen LogP contribution in [0.15, 0.2) is 358 Å². The maximum absolute atomic E-state index is 5.24. The monoisotopic (exact) mass is 1430 g/mol. The Morgan fingerprint density at radius 3 is 0.795 bits per heavy atom. The molecule has 0 aliphatic heterocycles. The Labute approximate surface area is 647 Å². The molecule has 0 atom stereocenters. The molecule has 7 heteroatoms. The van der Waals surface area contributed by atoms with E-state index in [2.05, 4.69) is 386 Å². The molecule has 16 aromatic carbocycles. The maximum Gasteiger partial charge on any atom is 0.164 e. The van der Waals surface area contributed by atoms with Crippen molar-refractivity contribution in [1.82, 2.24) is 33.2 Å². The highest BCUT2D eigenvalue weighted by Crippen LogP contribution is 2.52. The van der Waals surface area contributed by atoms with Crippen LogP contribution < -0.4 is 0 Å². The average molecular weight is 1430 g/mol. The number of hydrogen-bond donors (Lipinski definition) is 0. The summed E-state index contributed by atoms with van der Waals surface area (Å²) in [4.78, 5) is 15.6. The first kappa shape index (κ1) is 63.8. The summed E-state index contributed by atoms with van der Waals surface area (Å²) in [7, 11) is 0. The van der Waals surface area contributed by atoms with E-state index in [1.54, 1.807) is 0 Å². The van der Waals surface area contributed by atoms with Gasteiger partial charge in [0.05, 0.1) is 44.1 Å². The first-order chi connectivity index (χ1) is 55.0. The zero-order valence-corrected chi connectivity index (χ0v) is 62.2. The van der Waals surface area contributed by atoms with E-state index < -0.39 is 0 Å². The van der Waals surface area contributed by atoms with Crippen molar-refractivity contribution in [2.75, 3.05) is 0 Å². The van der Waals surface area contributed by atoms with Gasteiger partial charge in [-0.25, -0.2) is 15.0 Å². The van der Waals surface area contributed by atoms with E-state index in [0.717, 1.165) is 55.7 Å². The number of nitrogens with zero attached hydrogens (tertiary/aromatic N) is 7. The third-order valence-electron chi connectivity index (χ3n) is 24.7. The van der Waals surface area contributed by atoms with Crippen LogP contribution in [-0.2, 0) is 10.8 Å². The standard InChI is InChI=1S/C105H71N7/c1-104(2)89-28-14-8-22-77(89)79-52-50-75(62-91(79)104)111-95-32-18-12-26-83(95)87-60-71(44-56-99(87)111)69-42-54-97-85(58-69)81-24-10-16-30-93(81)109(97)73-46-38-65(39-47-73)64-34-36-67(37-35-64)102-106-101(66-20-6-5-7-21-66)107-103(108-102)68-40-48-74(49-41-68)110-94-31-17-11-25-82(94)86-59-70(43-55-98(86)110)72-45-57-100-88(61-72)84-27-13-19-33-96(84)112(100)76-51-53-80-78-23-9-15-29-90(78)105(3,4)92(80)63-76/h5-63H,1-4H3. The van der Waals surface area contributed by atoms with Gasteiger partial charge >= 0.3 is 0 Å². The first-order valence-electron chi connectivity index (χ1n) is 38.8. The van der Waals surface area contributed by atoms with Crippen LogP contribution >= 0.6 is 0 Å². The molecule has 2 aliphatic rings. The van der Waals surface area contributed by atoms with E-state index in [4.69, 9.17) is 15.0 Å². The molecule has 0 saturated carbocycles. The summed E-state index contributed by atoms with van der Waals surface area (Å²) in [6, 6.07) is 132. The van der Waals surface area contributed by atoms with Crippen molar-refractivity contribution in [3.63, 3.8) is 0 Å². The molecule has 0 spiro atoms. The van der Waals surface area contributed by atoms with Gasteiger partial charge in [-0.15, -0.1) is 0 Å². The van der Waals surface area contributed by atoms with Gasteiger partial charge in [0.15, 0.2) is 17.5 Å². The third-order valence-corrected chi connectivity index (χ3v) is 24.7.